The van der Waals surface area contributed by atoms with E-state index < -0.39 is 0 Å². The molecule has 0 heterocycles. The van der Waals surface area contributed by atoms with Crippen molar-refractivity contribution in [1.29, 1.82) is 0 Å². The molecule has 5 saturated carbocycles. The molecule has 1 N–H and O–H groups in total. The summed E-state index contributed by atoms with van der Waals surface area (Å²) in [5.74, 6) is 3.80. The summed E-state index contributed by atoms with van der Waals surface area (Å²) in [7, 11) is 0. The summed E-state index contributed by atoms with van der Waals surface area (Å²) in [5.41, 5.74) is 3.06. The Hall–Kier alpha value is -0.630. The van der Waals surface area contributed by atoms with Crippen LogP contribution >= 0.6 is 0 Å². The van der Waals surface area contributed by atoms with Crippen LogP contribution in [-0.4, -0.2) is 17.5 Å². The highest BCUT2D eigenvalue weighted by atomic mass is 16.3. The van der Waals surface area contributed by atoms with Crippen molar-refractivity contribution in [3.05, 3.63) is 12.2 Å². The SMILES string of the molecule is C=C(CC[C@@H](C)[C@H]1CC[C@@]2(C)[C@@H]3CC[C@@H]4C(C)(C)C(=O)CC[C@@]45C[C@@]35CC[C@]12C)[C@H](C)CO. The van der Waals surface area contributed by atoms with Crippen molar-refractivity contribution < 1.29 is 9.90 Å². The molecule has 0 radical (unpaired) electrons. The first-order valence-corrected chi connectivity index (χ1v) is 14.2. The van der Waals surface area contributed by atoms with Gasteiger partial charge in [0, 0.05) is 18.4 Å². The second-order valence-corrected chi connectivity index (χ2v) is 14.6. The molecule has 5 fully saturated rings. The van der Waals surface area contributed by atoms with Crippen LogP contribution in [0.2, 0.25) is 0 Å². The summed E-state index contributed by atoms with van der Waals surface area (Å²) in [6, 6.07) is 0. The monoisotopic (exact) mass is 454 g/mol. The fourth-order valence-corrected chi connectivity index (χ4v) is 11.1. The number of fused-ring (bicyclic) bond motifs is 2. The van der Waals surface area contributed by atoms with E-state index in [1.807, 2.05) is 0 Å². The Morgan fingerprint density at radius 1 is 0.970 bits per heavy atom. The quantitative estimate of drug-likeness (QED) is 0.420. The highest BCUT2D eigenvalue weighted by molar-refractivity contribution is 5.86. The standard InChI is InChI=1S/C31H50O2/c1-20(22(3)18-32)8-9-21(2)23-12-14-29(7)25-11-10-24-27(4,5)26(33)13-15-30(24)19-31(25,30)17-16-28(23,29)6/h21-25,32H,1,8-19H2,2-7H3/t21-,22-,23-,24-,25+,28-,29+,30-,31+/m1/s1. The minimum atomic E-state index is -0.102. The summed E-state index contributed by atoms with van der Waals surface area (Å²) < 4.78 is 0. The first kappa shape index (κ1) is 24.1. The van der Waals surface area contributed by atoms with Crippen LogP contribution in [0.25, 0.3) is 0 Å². The molecule has 0 aromatic rings. The summed E-state index contributed by atoms with van der Waals surface area (Å²) in [5, 5.41) is 9.50. The predicted octanol–water partition coefficient (Wildman–Crippen LogP) is 7.60. The number of aliphatic hydroxyl groups is 1. The predicted molar refractivity (Wildman–Crippen MR) is 136 cm³/mol. The van der Waals surface area contributed by atoms with Crippen molar-refractivity contribution in [2.45, 2.75) is 112 Å². The van der Waals surface area contributed by atoms with Gasteiger partial charge in [0.05, 0.1) is 0 Å². The lowest BCUT2D eigenvalue weighted by molar-refractivity contribution is -0.157. The van der Waals surface area contributed by atoms with E-state index in [1.54, 1.807) is 0 Å². The molecule has 0 aromatic carbocycles. The lowest BCUT2D eigenvalue weighted by Gasteiger charge is -2.62. The molecule has 0 amide bonds. The molecule has 5 aliphatic rings. The number of rotatable bonds is 6. The molecular formula is C31H50O2. The van der Waals surface area contributed by atoms with Gasteiger partial charge in [0.15, 0.2) is 0 Å². The van der Waals surface area contributed by atoms with Gasteiger partial charge in [0.1, 0.15) is 5.78 Å². The molecule has 0 bridgehead atoms. The Kier molecular flexibility index (Phi) is 5.43. The van der Waals surface area contributed by atoms with Crippen LogP contribution in [-0.2, 0) is 4.79 Å². The van der Waals surface area contributed by atoms with Crippen molar-refractivity contribution in [3.63, 3.8) is 0 Å². The molecule has 2 nitrogen and oxygen atoms in total. The van der Waals surface area contributed by atoms with E-state index in [9.17, 15) is 9.90 Å². The normalized spacial score (nSPS) is 49.3. The van der Waals surface area contributed by atoms with Gasteiger partial charge in [0.2, 0.25) is 0 Å². The van der Waals surface area contributed by atoms with Gasteiger partial charge in [-0.15, -0.1) is 0 Å². The van der Waals surface area contributed by atoms with Crippen molar-refractivity contribution in [3.8, 4) is 0 Å². The minimum Gasteiger partial charge on any atom is -0.396 e. The number of carbonyl (C=O) groups is 1. The first-order chi connectivity index (χ1) is 15.4. The van der Waals surface area contributed by atoms with Crippen LogP contribution in [0.1, 0.15) is 112 Å². The average Bonchev–Trinajstić information content (AvgIpc) is 3.36. The summed E-state index contributed by atoms with van der Waals surface area (Å²) in [6.45, 7) is 19.0. The van der Waals surface area contributed by atoms with Crippen LogP contribution in [0, 0.1) is 56.7 Å². The number of Topliss-reactive ketones (excluding diaryl/α,β-unsaturated/α-hetero) is 1. The van der Waals surface area contributed by atoms with Gasteiger partial charge in [-0.1, -0.05) is 53.7 Å². The average molecular weight is 455 g/mol. The molecule has 9 atom stereocenters. The van der Waals surface area contributed by atoms with Gasteiger partial charge in [0.25, 0.3) is 0 Å². The first-order valence-electron chi connectivity index (χ1n) is 14.2. The zero-order valence-corrected chi connectivity index (χ0v) is 22.4. The maximum atomic E-state index is 12.9. The maximum Gasteiger partial charge on any atom is 0.138 e. The van der Waals surface area contributed by atoms with Crippen LogP contribution in [0.15, 0.2) is 12.2 Å². The number of hydrogen-bond acceptors (Lipinski definition) is 2. The van der Waals surface area contributed by atoms with Crippen LogP contribution in [0.5, 0.6) is 0 Å². The highest BCUT2D eigenvalue weighted by Crippen LogP contribution is 2.88. The van der Waals surface area contributed by atoms with Crippen molar-refractivity contribution >= 4 is 5.78 Å². The van der Waals surface area contributed by atoms with Crippen LogP contribution < -0.4 is 0 Å². The van der Waals surface area contributed by atoms with Crippen LogP contribution in [0.4, 0.5) is 0 Å². The lowest BCUT2D eigenvalue weighted by Crippen LogP contribution is -2.57. The number of hydrogen-bond donors (Lipinski definition) is 1. The third-order valence-corrected chi connectivity index (χ3v) is 13.5. The fraction of sp³-hybridized carbons (Fsp3) is 0.903. The molecule has 2 heteroatoms. The molecule has 0 saturated heterocycles. The molecule has 186 valence electrons. The minimum absolute atomic E-state index is 0.102. The van der Waals surface area contributed by atoms with Crippen molar-refractivity contribution in [1.82, 2.24) is 0 Å². The summed E-state index contributed by atoms with van der Waals surface area (Å²) in [6.07, 6.45) is 14.0. The Labute approximate surface area is 203 Å². The fourth-order valence-electron chi connectivity index (χ4n) is 11.1. The van der Waals surface area contributed by atoms with Gasteiger partial charge in [-0.05, 0) is 115 Å². The number of aliphatic hydroxyl groups excluding tert-OH is 1. The molecule has 2 spiro atoms. The third-order valence-electron chi connectivity index (χ3n) is 13.5. The lowest BCUT2D eigenvalue weighted by atomic mass is 9.42. The molecule has 0 aliphatic heterocycles. The highest BCUT2D eigenvalue weighted by Gasteiger charge is 2.82. The number of carbonyl (C=O) groups excluding carboxylic acids is 1. The molecular weight excluding hydrogens is 404 g/mol. The van der Waals surface area contributed by atoms with Gasteiger partial charge in [-0.2, -0.15) is 0 Å². The second-order valence-electron chi connectivity index (χ2n) is 14.6. The smallest absolute Gasteiger partial charge is 0.138 e. The van der Waals surface area contributed by atoms with E-state index in [1.165, 1.54) is 63.4 Å². The van der Waals surface area contributed by atoms with Crippen molar-refractivity contribution in [2.75, 3.05) is 6.61 Å². The summed E-state index contributed by atoms with van der Waals surface area (Å²) in [4.78, 5) is 12.9. The Balaban J connectivity index is 1.37. The molecule has 5 rings (SSSR count). The van der Waals surface area contributed by atoms with E-state index in [0.29, 0.717) is 33.4 Å². The topological polar surface area (TPSA) is 37.3 Å². The Bertz CT molecular complexity index is 842. The zero-order valence-electron chi connectivity index (χ0n) is 22.4. The Morgan fingerprint density at radius 3 is 2.33 bits per heavy atom. The van der Waals surface area contributed by atoms with E-state index >= 15 is 0 Å². The van der Waals surface area contributed by atoms with Gasteiger partial charge in [-0.3, -0.25) is 4.79 Å². The third kappa shape index (κ3) is 2.91. The van der Waals surface area contributed by atoms with E-state index in [0.717, 1.165) is 30.6 Å². The zero-order chi connectivity index (χ0) is 24.0. The maximum absolute atomic E-state index is 12.9. The largest absolute Gasteiger partial charge is 0.396 e. The van der Waals surface area contributed by atoms with E-state index in [4.69, 9.17) is 0 Å². The molecule has 0 aromatic heterocycles. The molecule has 0 unspecified atom stereocenters. The number of ketones is 1. The van der Waals surface area contributed by atoms with Crippen LogP contribution in [0.3, 0.4) is 0 Å². The van der Waals surface area contributed by atoms with Gasteiger partial charge in [-0.25, -0.2) is 0 Å². The van der Waals surface area contributed by atoms with E-state index in [2.05, 4.69) is 48.1 Å². The molecule has 33 heavy (non-hydrogen) atoms. The van der Waals surface area contributed by atoms with E-state index in [-0.39, 0.29) is 17.9 Å². The van der Waals surface area contributed by atoms with Gasteiger partial charge < -0.3 is 5.11 Å². The van der Waals surface area contributed by atoms with Gasteiger partial charge >= 0.3 is 0 Å². The van der Waals surface area contributed by atoms with Crippen molar-refractivity contribution in [2.24, 2.45) is 56.7 Å². The molecule has 5 aliphatic carbocycles. The second kappa shape index (κ2) is 7.44. The summed E-state index contributed by atoms with van der Waals surface area (Å²) >= 11 is 0. The Morgan fingerprint density at radius 2 is 1.64 bits per heavy atom.